The molecule has 0 spiro atoms. The number of carbonyl (C=O) groups excluding carboxylic acids is 1. The second kappa shape index (κ2) is 8.54. The SMILES string of the molecule is CCc1ccc(C(=O)[C@@H](C)Sc2nnc(-c3ccc(C(C)(C)C)cc3)n2C)cc1. The first-order valence-electron chi connectivity index (χ1n) is 10.0. The van der Waals surface area contributed by atoms with E-state index >= 15 is 0 Å². The molecule has 1 heterocycles. The minimum absolute atomic E-state index is 0.108. The van der Waals surface area contributed by atoms with E-state index in [-0.39, 0.29) is 16.4 Å². The summed E-state index contributed by atoms with van der Waals surface area (Å²) in [5.41, 5.74) is 4.39. The largest absolute Gasteiger partial charge is 0.305 e. The van der Waals surface area contributed by atoms with E-state index < -0.39 is 0 Å². The normalized spacial score (nSPS) is 12.8. The van der Waals surface area contributed by atoms with Crippen LogP contribution in [0, 0.1) is 0 Å². The Morgan fingerprint density at radius 2 is 1.66 bits per heavy atom. The van der Waals surface area contributed by atoms with Crippen LogP contribution in [0.3, 0.4) is 0 Å². The number of hydrogen-bond donors (Lipinski definition) is 0. The zero-order valence-corrected chi connectivity index (χ0v) is 18.9. The van der Waals surface area contributed by atoms with Gasteiger partial charge in [-0.25, -0.2) is 0 Å². The molecule has 2 aromatic carbocycles. The smallest absolute Gasteiger partial charge is 0.191 e. The van der Waals surface area contributed by atoms with Crippen LogP contribution >= 0.6 is 11.8 Å². The molecular formula is C24H29N3OS. The third-order valence-electron chi connectivity index (χ3n) is 5.14. The van der Waals surface area contributed by atoms with Gasteiger partial charge in [0.2, 0.25) is 0 Å². The summed E-state index contributed by atoms with van der Waals surface area (Å²) in [6.45, 7) is 10.6. The van der Waals surface area contributed by atoms with Gasteiger partial charge in [-0.2, -0.15) is 0 Å². The number of benzene rings is 2. The Balaban J connectivity index is 1.75. The lowest BCUT2D eigenvalue weighted by Gasteiger charge is -2.19. The molecule has 5 heteroatoms. The highest BCUT2D eigenvalue weighted by Crippen LogP contribution is 2.29. The summed E-state index contributed by atoms with van der Waals surface area (Å²) in [6, 6.07) is 16.3. The van der Waals surface area contributed by atoms with Gasteiger partial charge in [-0.05, 0) is 29.9 Å². The van der Waals surface area contributed by atoms with Crippen LogP contribution in [-0.2, 0) is 18.9 Å². The summed E-state index contributed by atoms with van der Waals surface area (Å²) in [7, 11) is 1.95. The van der Waals surface area contributed by atoms with E-state index in [0.717, 1.165) is 28.5 Å². The number of ketones is 1. The number of Topliss-reactive ketones (excluding diaryl/α,β-unsaturated/α-hetero) is 1. The average Bonchev–Trinajstić information content (AvgIpc) is 3.07. The van der Waals surface area contributed by atoms with Gasteiger partial charge in [-0.3, -0.25) is 4.79 Å². The highest BCUT2D eigenvalue weighted by atomic mass is 32.2. The van der Waals surface area contributed by atoms with Crippen molar-refractivity contribution in [2.75, 3.05) is 0 Å². The molecule has 0 aliphatic heterocycles. The van der Waals surface area contributed by atoms with E-state index in [0.29, 0.717) is 0 Å². The number of rotatable bonds is 6. The third kappa shape index (κ3) is 4.78. The molecule has 0 saturated carbocycles. The number of hydrogen-bond acceptors (Lipinski definition) is 4. The summed E-state index contributed by atoms with van der Waals surface area (Å²) in [5, 5.41) is 9.20. The summed E-state index contributed by atoms with van der Waals surface area (Å²) < 4.78 is 1.96. The van der Waals surface area contributed by atoms with Gasteiger partial charge in [-0.1, -0.05) is 88.0 Å². The van der Waals surface area contributed by atoms with Crippen molar-refractivity contribution in [3.8, 4) is 11.4 Å². The van der Waals surface area contributed by atoms with E-state index in [1.165, 1.54) is 22.9 Å². The molecule has 1 atom stereocenters. The fourth-order valence-electron chi connectivity index (χ4n) is 3.14. The van der Waals surface area contributed by atoms with Crippen LogP contribution in [0.25, 0.3) is 11.4 Å². The molecule has 0 bridgehead atoms. The molecule has 3 rings (SSSR count). The zero-order valence-electron chi connectivity index (χ0n) is 18.1. The first kappa shape index (κ1) is 21.3. The highest BCUT2D eigenvalue weighted by Gasteiger charge is 2.21. The van der Waals surface area contributed by atoms with Crippen LogP contribution in [0.15, 0.2) is 53.7 Å². The van der Waals surface area contributed by atoms with Crippen molar-refractivity contribution in [1.82, 2.24) is 14.8 Å². The molecular weight excluding hydrogens is 378 g/mol. The monoisotopic (exact) mass is 407 g/mol. The van der Waals surface area contributed by atoms with Crippen molar-refractivity contribution in [1.29, 1.82) is 0 Å². The van der Waals surface area contributed by atoms with Gasteiger partial charge < -0.3 is 4.57 Å². The fourth-order valence-corrected chi connectivity index (χ4v) is 4.03. The van der Waals surface area contributed by atoms with Crippen molar-refractivity contribution < 1.29 is 4.79 Å². The van der Waals surface area contributed by atoms with Crippen molar-refractivity contribution in [3.05, 3.63) is 65.2 Å². The van der Waals surface area contributed by atoms with E-state index in [1.807, 2.05) is 42.8 Å². The zero-order chi connectivity index (χ0) is 21.2. The van der Waals surface area contributed by atoms with Crippen molar-refractivity contribution >= 4 is 17.5 Å². The highest BCUT2D eigenvalue weighted by molar-refractivity contribution is 8.00. The molecule has 152 valence electrons. The predicted octanol–water partition coefficient (Wildman–Crippen LogP) is 5.71. The van der Waals surface area contributed by atoms with Gasteiger partial charge in [0, 0.05) is 18.2 Å². The molecule has 0 amide bonds. The van der Waals surface area contributed by atoms with Gasteiger partial charge in [0.25, 0.3) is 0 Å². The molecule has 0 aliphatic rings. The van der Waals surface area contributed by atoms with E-state index in [1.54, 1.807) is 0 Å². The Bertz CT molecular complexity index is 982. The molecule has 0 N–H and O–H groups in total. The van der Waals surface area contributed by atoms with Gasteiger partial charge >= 0.3 is 0 Å². The number of aromatic nitrogens is 3. The Morgan fingerprint density at radius 3 is 2.21 bits per heavy atom. The van der Waals surface area contributed by atoms with Crippen LogP contribution in [0.5, 0.6) is 0 Å². The van der Waals surface area contributed by atoms with Crippen LogP contribution in [-0.4, -0.2) is 25.8 Å². The quantitative estimate of drug-likeness (QED) is 0.388. The lowest BCUT2D eigenvalue weighted by molar-refractivity contribution is 0.0994. The molecule has 0 aliphatic carbocycles. The van der Waals surface area contributed by atoms with Gasteiger partial charge in [0.15, 0.2) is 16.8 Å². The van der Waals surface area contributed by atoms with E-state index in [2.05, 4.69) is 62.2 Å². The average molecular weight is 408 g/mol. The number of thioether (sulfide) groups is 1. The van der Waals surface area contributed by atoms with Crippen LogP contribution < -0.4 is 0 Å². The molecule has 1 aromatic heterocycles. The van der Waals surface area contributed by atoms with E-state index in [4.69, 9.17) is 0 Å². The maximum atomic E-state index is 12.8. The Labute approximate surface area is 177 Å². The minimum atomic E-state index is -0.235. The van der Waals surface area contributed by atoms with Gasteiger partial charge in [0.1, 0.15) is 0 Å². The molecule has 0 saturated heterocycles. The van der Waals surface area contributed by atoms with Crippen LogP contribution in [0.4, 0.5) is 0 Å². The maximum Gasteiger partial charge on any atom is 0.191 e. The lowest BCUT2D eigenvalue weighted by Crippen LogP contribution is -2.14. The minimum Gasteiger partial charge on any atom is -0.305 e. The Kier molecular flexibility index (Phi) is 6.27. The summed E-state index contributed by atoms with van der Waals surface area (Å²) in [5.74, 6) is 0.914. The molecule has 0 fully saturated rings. The Morgan fingerprint density at radius 1 is 1.03 bits per heavy atom. The van der Waals surface area contributed by atoms with Crippen LogP contribution in [0.2, 0.25) is 0 Å². The topological polar surface area (TPSA) is 47.8 Å². The molecule has 3 aromatic rings. The van der Waals surface area contributed by atoms with Crippen molar-refractivity contribution in [2.45, 2.75) is 56.9 Å². The Hall–Kier alpha value is -2.40. The number of nitrogens with zero attached hydrogens (tertiary/aromatic N) is 3. The lowest BCUT2D eigenvalue weighted by atomic mass is 9.87. The first-order chi connectivity index (χ1) is 13.7. The van der Waals surface area contributed by atoms with Crippen molar-refractivity contribution in [3.63, 3.8) is 0 Å². The number of carbonyl (C=O) groups is 1. The predicted molar refractivity (Wildman–Crippen MR) is 121 cm³/mol. The number of aryl methyl sites for hydroxylation is 1. The summed E-state index contributed by atoms with van der Waals surface area (Å²) in [4.78, 5) is 12.8. The van der Waals surface area contributed by atoms with E-state index in [9.17, 15) is 4.79 Å². The standard InChI is InChI=1S/C24H29N3OS/c1-7-17-8-10-18(11-9-17)21(28)16(2)29-23-26-25-22(27(23)6)19-12-14-20(15-13-19)24(3,4)5/h8-16H,7H2,1-6H3/t16-/m1/s1. The summed E-state index contributed by atoms with van der Waals surface area (Å²) >= 11 is 1.45. The molecule has 0 unspecified atom stereocenters. The van der Waals surface area contributed by atoms with Gasteiger partial charge in [-0.15, -0.1) is 10.2 Å². The molecule has 0 radical (unpaired) electrons. The second-order valence-electron chi connectivity index (χ2n) is 8.37. The molecule has 4 nitrogen and oxygen atoms in total. The fraction of sp³-hybridized carbons (Fsp3) is 0.375. The maximum absolute atomic E-state index is 12.8. The van der Waals surface area contributed by atoms with Gasteiger partial charge in [0.05, 0.1) is 5.25 Å². The van der Waals surface area contributed by atoms with Crippen LogP contribution in [0.1, 0.15) is 56.1 Å². The summed E-state index contributed by atoms with van der Waals surface area (Å²) in [6.07, 6.45) is 0.969. The third-order valence-corrected chi connectivity index (χ3v) is 6.28. The molecule has 29 heavy (non-hydrogen) atoms. The second-order valence-corrected chi connectivity index (χ2v) is 9.68. The first-order valence-corrected chi connectivity index (χ1v) is 10.9. The van der Waals surface area contributed by atoms with Crippen molar-refractivity contribution in [2.24, 2.45) is 7.05 Å².